The van der Waals surface area contributed by atoms with Crippen LogP contribution in [0.5, 0.6) is 11.6 Å². The fraction of sp³-hybridized carbons (Fsp3) is 0.0455. The third kappa shape index (κ3) is 4.12. The van der Waals surface area contributed by atoms with Gasteiger partial charge in [0.05, 0.1) is 5.56 Å². The number of carbonyl (C=O) groups is 1. The second-order valence-electron chi connectivity index (χ2n) is 6.41. The van der Waals surface area contributed by atoms with Gasteiger partial charge in [-0.05, 0) is 42.1 Å². The van der Waals surface area contributed by atoms with Gasteiger partial charge in [-0.1, -0.05) is 41.9 Å². The van der Waals surface area contributed by atoms with Gasteiger partial charge in [0, 0.05) is 28.4 Å². The molecular formula is C22H16ClN3O3. The molecule has 144 valence electrons. The van der Waals surface area contributed by atoms with E-state index in [2.05, 4.69) is 22.2 Å². The van der Waals surface area contributed by atoms with Crippen LogP contribution in [0.2, 0.25) is 5.02 Å². The number of hydrogen-bond donors (Lipinski definition) is 2. The van der Waals surface area contributed by atoms with Crippen molar-refractivity contribution in [3.8, 4) is 11.6 Å². The zero-order valence-corrected chi connectivity index (χ0v) is 16.1. The first kappa shape index (κ1) is 18.7. The Labute approximate surface area is 171 Å². The SMILES string of the molecule is Cc1ccc(Oc2ccnc(Nc3cc(Cl)cc(C(=O)O)c3)n2)c2ccccc12. The van der Waals surface area contributed by atoms with Gasteiger partial charge in [-0.2, -0.15) is 4.98 Å². The van der Waals surface area contributed by atoms with Crippen LogP contribution >= 0.6 is 11.6 Å². The Hall–Kier alpha value is -3.64. The molecule has 1 heterocycles. The normalized spacial score (nSPS) is 10.7. The average molecular weight is 406 g/mol. The summed E-state index contributed by atoms with van der Waals surface area (Å²) in [6.45, 7) is 2.05. The van der Waals surface area contributed by atoms with E-state index in [1.54, 1.807) is 18.3 Å². The Morgan fingerprint density at radius 3 is 2.66 bits per heavy atom. The molecule has 29 heavy (non-hydrogen) atoms. The molecule has 1 aromatic heterocycles. The summed E-state index contributed by atoms with van der Waals surface area (Å²) in [5.74, 6) is 0.237. The lowest BCUT2D eigenvalue weighted by Gasteiger charge is -2.11. The molecule has 0 aliphatic carbocycles. The van der Waals surface area contributed by atoms with Crippen LogP contribution in [0.25, 0.3) is 10.8 Å². The second-order valence-corrected chi connectivity index (χ2v) is 6.84. The number of halogens is 1. The number of rotatable bonds is 5. The number of aromatic carboxylic acids is 1. The van der Waals surface area contributed by atoms with Crippen LogP contribution in [0.4, 0.5) is 11.6 Å². The monoisotopic (exact) mass is 405 g/mol. The summed E-state index contributed by atoms with van der Waals surface area (Å²) >= 11 is 6.00. The second kappa shape index (κ2) is 7.77. The number of fused-ring (bicyclic) bond motifs is 1. The lowest BCUT2D eigenvalue weighted by atomic mass is 10.1. The van der Waals surface area contributed by atoms with Crippen LogP contribution in [0.3, 0.4) is 0 Å². The molecule has 0 saturated heterocycles. The maximum atomic E-state index is 11.2. The van der Waals surface area contributed by atoms with Gasteiger partial charge in [-0.3, -0.25) is 0 Å². The molecule has 4 aromatic rings. The molecule has 0 amide bonds. The minimum atomic E-state index is -1.07. The number of hydrogen-bond acceptors (Lipinski definition) is 5. The molecule has 4 rings (SSSR count). The smallest absolute Gasteiger partial charge is 0.335 e. The standard InChI is InChI=1S/C22H16ClN3O3/c1-13-6-7-19(18-5-3-2-4-17(13)18)29-20-8-9-24-22(26-20)25-16-11-14(21(27)28)10-15(23)12-16/h2-12H,1H3,(H,27,28)(H,24,25,26). The van der Waals surface area contributed by atoms with Crippen molar-refractivity contribution < 1.29 is 14.6 Å². The zero-order chi connectivity index (χ0) is 20.4. The van der Waals surface area contributed by atoms with E-state index in [4.69, 9.17) is 16.3 Å². The molecule has 2 N–H and O–H groups in total. The highest BCUT2D eigenvalue weighted by Crippen LogP contribution is 2.31. The third-order valence-corrected chi connectivity index (χ3v) is 4.57. The van der Waals surface area contributed by atoms with Crippen LogP contribution in [0, 0.1) is 6.92 Å². The van der Waals surface area contributed by atoms with E-state index >= 15 is 0 Å². The van der Waals surface area contributed by atoms with Gasteiger partial charge >= 0.3 is 5.97 Å². The molecule has 0 unspecified atom stereocenters. The number of carboxylic acids is 1. The fourth-order valence-corrected chi connectivity index (χ4v) is 3.23. The van der Waals surface area contributed by atoms with Crippen LogP contribution in [-0.2, 0) is 0 Å². The van der Waals surface area contributed by atoms with E-state index in [0.717, 1.165) is 16.3 Å². The van der Waals surface area contributed by atoms with Gasteiger partial charge in [0.2, 0.25) is 11.8 Å². The summed E-state index contributed by atoms with van der Waals surface area (Å²) in [7, 11) is 0. The molecule has 0 atom stereocenters. The van der Waals surface area contributed by atoms with Crippen molar-refractivity contribution in [3.63, 3.8) is 0 Å². The number of nitrogens with zero attached hydrogens (tertiary/aromatic N) is 2. The molecule has 0 aliphatic rings. The Bertz CT molecular complexity index is 1230. The molecule has 0 radical (unpaired) electrons. The maximum Gasteiger partial charge on any atom is 0.335 e. The van der Waals surface area contributed by atoms with E-state index < -0.39 is 5.97 Å². The van der Waals surface area contributed by atoms with Crippen LogP contribution in [0.15, 0.2) is 66.9 Å². The summed E-state index contributed by atoms with van der Waals surface area (Å²) in [5.41, 5.74) is 1.69. The lowest BCUT2D eigenvalue weighted by molar-refractivity contribution is 0.0697. The number of anilines is 2. The van der Waals surface area contributed by atoms with Crippen molar-refractivity contribution in [1.29, 1.82) is 0 Å². The number of aryl methyl sites for hydroxylation is 1. The predicted octanol–water partition coefficient (Wildman–Crippen LogP) is 5.83. The molecule has 0 bridgehead atoms. The topological polar surface area (TPSA) is 84.3 Å². The number of ether oxygens (including phenoxy) is 1. The van der Waals surface area contributed by atoms with Crippen LogP contribution in [-0.4, -0.2) is 21.0 Å². The number of aromatic nitrogens is 2. The van der Waals surface area contributed by atoms with E-state index in [-0.39, 0.29) is 11.5 Å². The molecule has 0 saturated carbocycles. The lowest BCUT2D eigenvalue weighted by Crippen LogP contribution is -2.01. The number of nitrogens with one attached hydrogen (secondary N) is 1. The molecular weight excluding hydrogens is 390 g/mol. The van der Waals surface area contributed by atoms with Crippen LogP contribution in [0.1, 0.15) is 15.9 Å². The Balaban J connectivity index is 1.62. The Morgan fingerprint density at radius 2 is 1.86 bits per heavy atom. The molecule has 7 heteroatoms. The quantitative estimate of drug-likeness (QED) is 0.434. The van der Waals surface area contributed by atoms with Crippen LogP contribution < -0.4 is 10.1 Å². The van der Waals surface area contributed by atoms with Gasteiger partial charge in [0.1, 0.15) is 5.75 Å². The number of carboxylic acid groups (broad SMARTS) is 1. The zero-order valence-electron chi connectivity index (χ0n) is 15.4. The van der Waals surface area contributed by atoms with Gasteiger partial charge in [0.15, 0.2) is 0 Å². The van der Waals surface area contributed by atoms with Crippen molar-refractivity contribution >= 4 is 40.0 Å². The maximum absolute atomic E-state index is 11.2. The van der Waals surface area contributed by atoms with E-state index in [0.29, 0.717) is 22.3 Å². The summed E-state index contributed by atoms with van der Waals surface area (Å²) in [5, 5.41) is 14.5. The highest BCUT2D eigenvalue weighted by atomic mass is 35.5. The molecule has 3 aromatic carbocycles. The summed E-state index contributed by atoms with van der Waals surface area (Å²) < 4.78 is 6.00. The Kier molecular flexibility index (Phi) is 5.01. The molecule has 6 nitrogen and oxygen atoms in total. The number of benzene rings is 3. The van der Waals surface area contributed by atoms with Gasteiger partial charge in [-0.25, -0.2) is 9.78 Å². The van der Waals surface area contributed by atoms with Crippen molar-refractivity contribution in [2.24, 2.45) is 0 Å². The molecule has 0 fully saturated rings. The molecule has 0 spiro atoms. The van der Waals surface area contributed by atoms with Gasteiger partial charge in [0.25, 0.3) is 0 Å². The summed E-state index contributed by atoms with van der Waals surface area (Å²) in [6, 6.07) is 18.0. The van der Waals surface area contributed by atoms with Crippen molar-refractivity contribution in [3.05, 3.63) is 83.0 Å². The first-order chi connectivity index (χ1) is 14.0. The first-order valence-corrected chi connectivity index (χ1v) is 9.17. The summed E-state index contributed by atoms with van der Waals surface area (Å²) in [4.78, 5) is 19.7. The largest absolute Gasteiger partial charge is 0.478 e. The van der Waals surface area contributed by atoms with Crippen molar-refractivity contribution in [2.75, 3.05) is 5.32 Å². The van der Waals surface area contributed by atoms with E-state index in [9.17, 15) is 9.90 Å². The van der Waals surface area contributed by atoms with E-state index in [1.165, 1.54) is 12.1 Å². The van der Waals surface area contributed by atoms with Crippen molar-refractivity contribution in [1.82, 2.24) is 9.97 Å². The van der Waals surface area contributed by atoms with E-state index in [1.807, 2.05) is 36.4 Å². The minimum Gasteiger partial charge on any atom is -0.478 e. The average Bonchev–Trinajstić information content (AvgIpc) is 2.70. The van der Waals surface area contributed by atoms with Gasteiger partial charge < -0.3 is 15.2 Å². The molecule has 0 aliphatic heterocycles. The van der Waals surface area contributed by atoms with Crippen molar-refractivity contribution in [2.45, 2.75) is 6.92 Å². The highest BCUT2D eigenvalue weighted by Gasteiger charge is 2.10. The van der Waals surface area contributed by atoms with Gasteiger partial charge in [-0.15, -0.1) is 0 Å². The first-order valence-electron chi connectivity index (χ1n) is 8.80. The highest BCUT2D eigenvalue weighted by molar-refractivity contribution is 6.31. The third-order valence-electron chi connectivity index (χ3n) is 4.35. The minimum absolute atomic E-state index is 0.0681. The Morgan fingerprint density at radius 1 is 1.07 bits per heavy atom. The summed E-state index contributed by atoms with van der Waals surface area (Å²) in [6.07, 6.45) is 1.56. The fourth-order valence-electron chi connectivity index (χ4n) is 3.00. The predicted molar refractivity (Wildman–Crippen MR) is 112 cm³/mol.